The number of fused-ring (bicyclic) bond motifs is 2. The number of ketones is 1. The molecule has 0 N–H and O–H groups in total. The van der Waals surface area contributed by atoms with Gasteiger partial charge in [-0.05, 0) is 65.5 Å². The number of Topliss-reactive ketones (excluding diaryl/α,β-unsaturated/α-hetero) is 1. The van der Waals surface area contributed by atoms with E-state index < -0.39 is 8.32 Å². The Morgan fingerprint density at radius 2 is 1.76 bits per heavy atom. The van der Waals surface area contributed by atoms with Crippen LogP contribution in [0.1, 0.15) is 57.3 Å². The Morgan fingerprint density at radius 1 is 1.06 bits per heavy atom. The normalized spacial score (nSPS) is 18.4. The summed E-state index contributed by atoms with van der Waals surface area (Å²) in [5.41, 5.74) is 4.41. The molecule has 0 fully saturated rings. The Bertz CT molecular complexity index is 1070. The number of carbonyl (C=O) groups is 1. The molecule has 4 rings (SSSR count). The number of benzene rings is 2. The van der Waals surface area contributed by atoms with Crippen molar-refractivity contribution >= 4 is 31.3 Å². The van der Waals surface area contributed by atoms with E-state index in [2.05, 4.69) is 39.9 Å². The lowest BCUT2D eigenvalue weighted by Crippen LogP contribution is -2.43. The van der Waals surface area contributed by atoms with Crippen molar-refractivity contribution in [3.05, 3.63) is 59.2 Å². The highest BCUT2D eigenvalue weighted by atomic mass is 35.5. The molecule has 0 saturated carbocycles. The van der Waals surface area contributed by atoms with E-state index in [0.29, 0.717) is 25.3 Å². The predicted molar refractivity (Wildman–Crippen MR) is 136 cm³/mol. The molecule has 1 unspecified atom stereocenters. The Morgan fingerprint density at radius 3 is 2.42 bits per heavy atom. The zero-order valence-corrected chi connectivity index (χ0v) is 21.9. The van der Waals surface area contributed by atoms with Gasteiger partial charge in [-0.2, -0.15) is 0 Å². The standard InChI is InChI=1S/C27H33ClO4Si/c1-27(2,3)33(4,5)32-21-11-13-23-22-12-8-19(29)16-24(22)26(31-25(23)17-21)18-6-9-20(10-7-18)30-15-14-28/h6-7,9-11,13,17,26H,8,12,14-16H2,1-5H3. The summed E-state index contributed by atoms with van der Waals surface area (Å²) >= 11 is 5.73. The summed E-state index contributed by atoms with van der Waals surface area (Å²) in [6.07, 6.45) is 1.48. The van der Waals surface area contributed by atoms with Crippen LogP contribution in [0.25, 0.3) is 5.57 Å². The molecule has 0 radical (unpaired) electrons. The van der Waals surface area contributed by atoms with E-state index in [1.165, 1.54) is 5.57 Å². The zero-order chi connectivity index (χ0) is 23.8. The van der Waals surface area contributed by atoms with Crippen molar-refractivity contribution in [2.24, 2.45) is 0 Å². The van der Waals surface area contributed by atoms with Gasteiger partial charge in [0.15, 0.2) is 0 Å². The molecule has 6 heteroatoms. The van der Waals surface area contributed by atoms with Gasteiger partial charge in [-0.25, -0.2) is 0 Å². The molecule has 1 atom stereocenters. The van der Waals surface area contributed by atoms with E-state index in [4.69, 9.17) is 25.5 Å². The predicted octanol–water partition coefficient (Wildman–Crippen LogP) is 7.33. The van der Waals surface area contributed by atoms with Crippen molar-refractivity contribution in [2.75, 3.05) is 12.5 Å². The van der Waals surface area contributed by atoms with Gasteiger partial charge in [-0.3, -0.25) is 4.79 Å². The zero-order valence-electron chi connectivity index (χ0n) is 20.2. The van der Waals surface area contributed by atoms with E-state index >= 15 is 0 Å². The van der Waals surface area contributed by atoms with Crippen LogP contribution < -0.4 is 13.9 Å². The lowest BCUT2D eigenvalue weighted by molar-refractivity contribution is -0.118. The number of alkyl halides is 1. The summed E-state index contributed by atoms with van der Waals surface area (Å²) in [4.78, 5) is 12.3. The number of hydrogen-bond acceptors (Lipinski definition) is 4. The molecular weight excluding hydrogens is 452 g/mol. The molecule has 176 valence electrons. The third-order valence-electron chi connectivity index (χ3n) is 6.98. The molecule has 1 aliphatic heterocycles. The van der Waals surface area contributed by atoms with E-state index in [1.54, 1.807) is 0 Å². The lowest BCUT2D eigenvalue weighted by atomic mass is 9.80. The minimum absolute atomic E-state index is 0.110. The maximum Gasteiger partial charge on any atom is 0.250 e. The fourth-order valence-corrected chi connectivity index (χ4v) is 5.21. The van der Waals surface area contributed by atoms with Crippen molar-refractivity contribution in [3.63, 3.8) is 0 Å². The van der Waals surface area contributed by atoms with Crippen LogP contribution in [-0.2, 0) is 4.79 Å². The Labute approximate surface area is 203 Å². The highest BCUT2D eigenvalue weighted by Crippen LogP contribution is 2.49. The van der Waals surface area contributed by atoms with Crippen LogP contribution in [-0.4, -0.2) is 26.6 Å². The first-order chi connectivity index (χ1) is 15.6. The maximum absolute atomic E-state index is 12.3. The molecule has 1 aliphatic carbocycles. The van der Waals surface area contributed by atoms with Gasteiger partial charge in [-0.1, -0.05) is 32.9 Å². The third kappa shape index (κ3) is 4.99. The van der Waals surface area contributed by atoms with E-state index in [1.807, 2.05) is 36.4 Å². The SMILES string of the molecule is CC(C)(C)[Si](C)(C)Oc1ccc2c(c1)OC(c1ccc(OCCCl)cc1)C1=C2CCC(=O)C1. The highest BCUT2D eigenvalue weighted by Gasteiger charge is 2.39. The van der Waals surface area contributed by atoms with Crippen LogP contribution in [0.4, 0.5) is 0 Å². The summed E-state index contributed by atoms with van der Waals surface area (Å²) in [6, 6.07) is 14.1. The topological polar surface area (TPSA) is 44.8 Å². The number of halogens is 1. The summed E-state index contributed by atoms with van der Waals surface area (Å²) in [5, 5.41) is 0.110. The van der Waals surface area contributed by atoms with Crippen molar-refractivity contribution < 1.29 is 18.7 Å². The number of ether oxygens (including phenoxy) is 2. The molecular formula is C27H33ClO4Si. The molecule has 0 spiro atoms. The van der Waals surface area contributed by atoms with Crippen molar-refractivity contribution in [1.29, 1.82) is 0 Å². The summed E-state index contributed by atoms with van der Waals surface area (Å²) in [7, 11) is -1.97. The Balaban J connectivity index is 1.69. The number of hydrogen-bond donors (Lipinski definition) is 0. The van der Waals surface area contributed by atoms with Gasteiger partial charge in [0.05, 0.1) is 5.88 Å². The van der Waals surface area contributed by atoms with Gasteiger partial charge in [0, 0.05) is 24.5 Å². The average molecular weight is 485 g/mol. The second kappa shape index (κ2) is 9.19. The van der Waals surface area contributed by atoms with Crippen LogP contribution in [0.15, 0.2) is 48.0 Å². The van der Waals surface area contributed by atoms with Crippen molar-refractivity contribution in [2.45, 2.75) is 64.3 Å². The van der Waals surface area contributed by atoms with E-state index in [9.17, 15) is 4.79 Å². The lowest BCUT2D eigenvalue weighted by Gasteiger charge is -2.37. The first kappa shape index (κ1) is 23.9. The molecule has 4 nitrogen and oxygen atoms in total. The molecule has 2 aromatic rings. The molecule has 33 heavy (non-hydrogen) atoms. The van der Waals surface area contributed by atoms with Gasteiger partial charge in [0.1, 0.15) is 35.7 Å². The molecule has 0 saturated heterocycles. The van der Waals surface area contributed by atoms with Crippen LogP contribution in [0.2, 0.25) is 18.1 Å². The maximum atomic E-state index is 12.3. The van der Waals surface area contributed by atoms with Crippen molar-refractivity contribution in [3.8, 4) is 17.2 Å². The highest BCUT2D eigenvalue weighted by molar-refractivity contribution is 6.74. The fraction of sp³-hybridized carbons (Fsp3) is 0.444. The van der Waals surface area contributed by atoms with Crippen LogP contribution in [0.3, 0.4) is 0 Å². The third-order valence-corrected chi connectivity index (χ3v) is 11.5. The van der Waals surface area contributed by atoms with E-state index in [0.717, 1.165) is 40.4 Å². The van der Waals surface area contributed by atoms with Crippen LogP contribution in [0.5, 0.6) is 17.2 Å². The molecule has 0 bridgehead atoms. The summed E-state index contributed by atoms with van der Waals surface area (Å²) < 4.78 is 18.7. The molecule has 1 heterocycles. The molecule has 2 aliphatic rings. The van der Waals surface area contributed by atoms with Crippen LogP contribution >= 0.6 is 11.6 Å². The van der Waals surface area contributed by atoms with E-state index in [-0.39, 0.29) is 16.9 Å². The van der Waals surface area contributed by atoms with Gasteiger partial charge in [-0.15, -0.1) is 11.6 Å². The van der Waals surface area contributed by atoms with Gasteiger partial charge in [0.25, 0.3) is 0 Å². The second-order valence-electron chi connectivity index (χ2n) is 10.3. The fourth-order valence-electron chi connectivity index (χ4n) is 4.11. The number of rotatable bonds is 6. The minimum atomic E-state index is -1.97. The van der Waals surface area contributed by atoms with Crippen molar-refractivity contribution in [1.82, 2.24) is 0 Å². The number of allylic oxidation sites excluding steroid dienone is 1. The van der Waals surface area contributed by atoms with Gasteiger partial charge in [0.2, 0.25) is 8.32 Å². The monoisotopic (exact) mass is 484 g/mol. The minimum Gasteiger partial charge on any atom is -0.543 e. The Hall–Kier alpha value is -2.24. The smallest absolute Gasteiger partial charge is 0.250 e. The average Bonchev–Trinajstić information content (AvgIpc) is 2.76. The van der Waals surface area contributed by atoms with Gasteiger partial charge < -0.3 is 13.9 Å². The largest absolute Gasteiger partial charge is 0.543 e. The summed E-state index contributed by atoms with van der Waals surface area (Å²) in [6.45, 7) is 11.7. The second-order valence-corrected chi connectivity index (χ2v) is 15.4. The number of carbonyl (C=O) groups excluding carboxylic acids is 1. The first-order valence-corrected chi connectivity index (χ1v) is 15.1. The Kier molecular flexibility index (Phi) is 6.65. The van der Waals surface area contributed by atoms with Crippen LogP contribution in [0, 0.1) is 0 Å². The summed E-state index contributed by atoms with van der Waals surface area (Å²) in [5.74, 6) is 3.16. The molecule has 2 aromatic carbocycles. The first-order valence-electron chi connectivity index (χ1n) is 11.6. The quantitative estimate of drug-likeness (QED) is 0.318. The van der Waals surface area contributed by atoms with Gasteiger partial charge >= 0.3 is 0 Å². The molecule has 0 aromatic heterocycles. The molecule has 0 amide bonds.